The molecule has 1 aliphatic carbocycles. The second kappa shape index (κ2) is 13.4. The van der Waals surface area contributed by atoms with Gasteiger partial charge in [-0.25, -0.2) is 4.98 Å². The summed E-state index contributed by atoms with van der Waals surface area (Å²) in [6.07, 6.45) is 10.7. The van der Waals surface area contributed by atoms with Crippen LogP contribution in [0.4, 0.5) is 0 Å². The highest BCUT2D eigenvalue weighted by molar-refractivity contribution is 7.85. The molecule has 1 saturated carbocycles. The molecule has 9 nitrogen and oxygen atoms in total. The summed E-state index contributed by atoms with van der Waals surface area (Å²) in [4.78, 5) is 15.6. The number of imidazole rings is 1. The fourth-order valence-electron chi connectivity index (χ4n) is 3.87. The Balaban J connectivity index is 0.000000385. The zero-order valence-electron chi connectivity index (χ0n) is 19.4. The maximum atomic E-state index is 11.3. The fourth-order valence-corrected chi connectivity index (χ4v) is 4.35. The van der Waals surface area contributed by atoms with Crippen LogP contribution in [0.15, 0.2) is 41.7 Å². The summed E-state index contributed by atoms with van der Waals surface area (Å²) in [6, 6.07) is 6.52. The third-order valence-electron chi connectivity index (χ3n) is 5.94. The van der Waals surface area contributed by atoms with Crippen LogP contribution < -0.4 is 5.73 Å². The van der Waals surface area contributed by atoms with E-state index >= 15 is 0 Å². The van der Waals surface area contributed by atoms with Gasteiger partial charge in [-0.15, -0.1) is 0 Å². The Labute approximate surface area is 196 Å². The predicted molar refractivity (Wildman–Crippen MR) is 127 cm³/mol. The summed E-state index contributed by atoms with van der Waals surface area (Å²) in [5, 5.41) is 9.27. The molecular weight excluding hydrogens is 446 g/mol. The molecule has 10 heteroatoms. The average Bonchev–Trinajstić information content (AvgIpc) is 3.20. The summed E-state index contributed by atoms with van der Waals surface area (Å²) in [6.45, 7) is 4.69. The van der Waals surface area contributed by atoms with Crippen LogP contribution in [0.2, 0.25) is 0 Å². The molecule has 6 N–H and O–H groups in total. The number of rotatable bonds is 8. The Morgan fingerprint density at radius 1 is 1.21 bits per heavy atom. The van der Waals surface area contributed by atoms with Crippen LogP contribution >= 0.6 is 0 Å². The van der Waals surface area contributed by atoms with Crippen LogP contribution in [0.1, 0.15) is 62.7 Å². The molecule has 33 heavy (non-hydrogen) atoms. The van der Waals surface area contributed by atoms with Crippen LogP contribution in [0, 0.1) is 18.8 Å². The molecule has 1 aliphatic rings. The monoisotopic (exact) mass is 483 g/mol. The van der Waals surface area contributed by atoms with E-state index < -0.39 is 16.1 Å². The van der Waals surface area contributed by atoms with Crippen molar-refractivity contribution in [1.29, 1.82) is 0 Å². The third kappa shape index (κ3) is 9.63. The summed E-state index contributed by atoms with van der Waals surface area (Å²) in [5.41, 5.74) is 7.31. The van der Waals surface area contributed by atoms with Crippen LogP contribution in [0.3, 0.4) is 0 Å². The molecule has 0 amide bonds. The zero-order chi connectivity index (χ0) is 23.7. The molecule has 3 rings (SSSR count). The SMILES string of the molecule is CC1CCC(n2cnc(C[C@H](CCCN)C(=O)O)c2)CC1.Cc1ccc(S(=O)(=O)O)cc1.O. The minimum Gasteiger partial charge on any atom is -0.481 e. The summed E-state index contributed by atoms with van der Waals surface area (Å²) in [7, 11) is -4.02. The second-order valence-electron chi connectivity index (χ2n) is 8.68. The van der Waals surface area contributed by atoms with Gasteiger partial charge in [-0.3, -0.25) is 9.35 Å². The van der Waals surface area contributed by atoms with Gasteiger partial charge in [0.15, 0.2) is 0 Å². The van der Waals surface area contributed by atoms with Gasteiger partial charge in [0.05, 0.1) is 22.8 Å². The number of carboxylic acids is 1. The first kappa shape index (κ1) is 28.8. The van der Waals surface area contributed by atoms with E-state index in [1.165, 1.54) is 37.8 Å². The van der Waals surface area contributed by atoms with Crippen molar-refractivity contribution in [2.24, 2.45) is 17.6 Å². The molecule has 0 radical (unpaired) electrons. The molecule has 0 unspecified atom stereocenters. The zero-order valence-corrected chi connectivity index (χ0v) is 20.2. The van der Waals surface area contributed by atoms with E-state index in [-0.39, 0.29) is 16.3 Å². The van der Waals surface area contributed by atoms with Gasteiger partial charge in [-0.05, 0) is 70.0 Å². The van der Waals surface area contributed by atoms with E-state index in [0.717, 1.165) is 23.6 Å². The maximum absolute atomic E-state index is 11.3. The summed E-state index contributed by atoms with van der Waals surface area (Å²) < 4.78 is 31.7. The lowest BCUT2D eigenvalue weighted by atomic mass is 9.87. The predicted octanol–water partition coefficient (Wildman–Crippen LogP) is 3.03. The number of hydrogen-bond donors (Lipinski definition) is 3. The standard InChI is InChI=1S/C16H27N3O2.C7H8O3S.H2O/c1-12-4-6-15(7-5-12)19-10-14(18-11-19)9-13(16(20)21)3-2-8-17;1-6-2-4-7(5-3-6)11(8,9)10;/h10-13,15H,2-9,17H2,1H3,(H,20,21);2-5H,1H3,(H,8,9,10);1H2/t12?,13-,15?;;/m0../s1. The second-order valence-corrected chi connectivity index (χ2v) is 10.1. The lowest BCUT2D eigenvalue weighted by molar-refractivity contribution is -0.142. The molecule has 1 aromatic heterocycles. The Morgan fingerprint density at radius 3 is 2.33 bits per heavy atom. The van der Waals surface area contributed by atoms with Crippen LogP contribution in [-0.4, -0.2) is 45.6 Å². The van der Waals surface area contributed by atoms with E-state index in [2.05, 4.69) is 16.5 Å². The molecular formula is C23H37N3O6S. The van der Waals surface area contributed by atoms with E-state index in [9.17, 15) is 18.3 Å². The van der Waals surface area contributed by atoms with Gasteiger partial charge >= 0.3 is 5.97 Å². The van der Waals surface area contributed by atoms with Crippen LogP contribution in [0.5, 0.6) is 0 Å². The molecule has 2 aromatic rings. The molecule has 1 atom stereocenters. The minimum atomic E-state index is -4.02. The Bertz CT molecular complexity index is 951. The molecule has 0 bridgehead atoms. The fraction of sp³-hybridized carbons (Fsp3) is 0.565. The Hall–Kier alpha value is -2.27. The number of nitrogens with zero attached hydrogens (tertiary/aromatic N) is 2. The van der Waals surface area contributed by atoms with Crippen molar-refractivity contribution in [1.82, 2.24) is 9.55 Å². The largest absolute Gasteiger partial charge is 0.481 e. The van der Waals surface area contributed by atoms with Gasteiger partial charge in [0.25, 0.3) is 10.1 Å². The van der Waals surface area contributed by atoms with Gasteiger partial charge in [0, 0.05) is 18.7 Å². The number of hydrogen-bond acceptors (Lipinski definition) is 5. The number of aliphatic carboxylic acids is 1. The van der Waals surface area contributed by atoms with Crippen molar-refractivity contribution in [3.05, 3.63) is 48.0 Å². The van der Waals surface area contributed by atoms with E-state index in [0.29, 0.717) is 25.4 Å². The molecule has 0 aliphatic heterocycles. The topological polar surface area (TPSA) is 167 Å². The first-order valence-electron chi connectivity index (χ1n) is 11.1. The maximum Gasteiger partial charge on any atom is 0.306 e. The van der Waals surface area contributed by atoms with Gasteiger partial charge < -0.3 is 20.9 Å². The van der Waals surface area contributed by atoms with Crippen molar-refractivity contribution in [2.75, 3.05) is 6.54 Å². The highest BCUT2D eigenvalue weighted by Gasteiger charge is 2.22. The van der Waals surface area contributed by atoms with Gasteiger partial charge in [0.2, 0.25) is 0 Å². The minimum absolute atomic E-state index is 0. The number of carbonyl (C=O) groups is 1. The number of carboxylic acid groups (broad SMARTS) is 1. The third-order valence-corrected chi connectivity index (χ3v) is 6.81. The normalized spacial score (nSPS) is 19.0. The molecule has 1 fully saturated rings. The van der Waals surface area contributed by atoms with Gasteiger partial charge in [0.1, 0.15) is 0 Å². The lowest BCUT2D eigenvalue weighted by Gasteiger charge is -2.26. The van der Waals surface area contributed by atoms with Crippen molar-refractivity contribution in [3.8, 4) is 0 Å². The molecule has 0 saturated heterocycles. The van der Waals surface area contributed by atoms with Gasteiger partial charge in [-0.1, -0.05) is 24.6 Å². The molecule has 186 valence electrons. The van der Waals surface area contributed by atoms with Crippen molar-refractivity contribution in [3.63, 3.8) is 0 Å². The van der Waals surface area contributed by atoms with E-state index in [4.69, 9.17) is 10.3 Å². The first-order chi connectivity index (χ1) is 15.1. The highest BCUT2D eigenvalue weighted by atomic mass is 32.2. The van der Waals surface area contributed by atoms with E-state index in [1.807, 2.05) is 19.4 Å². The number of aryl methyl sites for hydroxylation is 1. The lowest BCUT2D eigenvalue weighted by Crippen LogP contribution is -2.18. The molecule has 1 heterocycles. The van der Waals surface area contributed by atoms with Crippen molar-refractivity contribution >= 4 is 16.1 Å². The number of aromatic nitrogens is 2. The summed E-state index contributed by atoms with van der Waals surface area (Å²) >= 11 is 0. The van der Waals surface area contributed by atoms with Crippen LogP contribution in [-0.2, 0) is 21.3 Å². The Morgan fingerprint density at radius 2 is 1.82 bits per heavy atom. The first-order valence-corrected chi connectivity index (χ1v) is 12.5. The molecule has 0 spiro atoms. The number of nitrogens with two attached hydrogens (primary N) is 1. The Kier molecular flexibility index (Phi) is 11.7. The smallest absolute Gasteiger partial charge is 0.306 e. The van der Waals surface area contributed by atoms with Crippen molar-refractivity contribution < 1.29 is 28.3 Å². The average molecular weight is 484 g/mol. The van der Waals surface area contributed by atoms with Crippen LogP contribution in [0.25, 0.3) is 0 Å². The number of benzene rings is 1. The van der Waals surface area contributed by atoms with E-state index in [1.54, 1.807) is 12.1 Å². The summed E-state index contributed by atoms with van der Waals surface area (Å²) in [5.74, 6) is -0.287. The van der Waals surface area contributed by atoms with Crippen molar-refractivity contribution in [2.45, 2.75) is 69.7 Å². The molecule has 1 aromatic carbocycles. The highest BCUT2D eigenvalue weighted by Crippen LogP contribution is 2.31. The quantitative estimate of drug-likeness (QED) is 0.485. The van der Waals surface area contributed by atoms with Gasteiger partial charge in [-0.2, -0.15) is 8.42 Å².